The molecule has 0 aromatic heterocycles. The van der Waals surface area contributed by atoms with Crippen LogP contribution in [-0.4, -0.2) is 51.2 Å². The summed E-state index contributed by atoms with van der Waals surface area (Å²) in [7, 11) is -3.20. The zero-order valence-electron chi connectivity index (χ0n) is 12.7. The van der Waals surface area contributed by atoms with E-state index in [0.717, 1.165) is 25.6 Å². The summed E-state index contributed by atoms with van der Waals surface area (Å²) in [5.41, 5.74) is 5.86. The van der Waals surface area contributed by atoms with Crippen molar-refractivity contribution in [3.8, 4) is 5.75 Å². The summed E-state index contributed by atoms with van der Waals surface area (Å²) >= 11 is 0. The van der Waals surface area contributed by atoms with E-state index in [4.69, 9.17) is 10.5 Å². The smallest absolute Gasteiger partial charge is 0.226 e. The van der Waals surface area contributed by atoms with Gasteiger partial charge in [-0.3, -0.25) is 4.79 Å². The number of rotatable bonds is 5. The molecule has 0 aliphatic carbocycles. The first-order valence-corrected chi connectivity index (χ1v) is 9.21. The zero-order chi connectivity index (χ0) is 16.2. The van der Waals surface area contributed by atoms with E-state index in [1.165, 1.54) is 12.1 Å². The van der Waals surface area contributed by atoms with E-state index in [0.29, 0.717) is 18.7 Å². The standard InChI is InChI=1S/C15H22N2O4S/c1-22(19,20)14-6-4-13(5-7-14)21-10-8-15(18)17-9-2-3-12(16)11-17/h4-7,12H,2-3,8-11,16H2,1H3/t12-/m0/s1. The SMILES string of the molecule is CS(=O)(=O)c1ccc(OCCC(=O)N2CCC[C@H](N)C2)cc1. The summed E-state index contributed by atoms with van der Waals surface area (Å²) in [5, 5.41) is 0. The van der Waals surface area contributed by atoms with E-state index in [9.17, 15) is 13.2 Å². The number of nitrogens with two attached hydrogens (primary N) is 1. The fourth-order valence-corrected chi connectivity index (χ4v) is 3.06. The number of likely N-dealkylation sites (tertiary alicyclic amines) is 1. The third-order valence-electron chi connectivity index (χ3n) is 3.65. The van der Waals surface area contributed by atoms with Crippen LogP contribution in [0.15, 0.2) is 29.2 Å². The number of amides is 1. The Morgan fingerprint density at radius 2 is 2.05 bits per heavy atom. The number of hydrogen-bond donors (Lipinski definition) is 1. The molecule has 0 radical (unpaired) electrons. The second kappa shape index (κ2) is 7.11. The molecule has 0 unspecified atom stereocenters. The Bertz CT molecular complexity index is 613. The van der Waals surface area contributed by atoms with Crippen LogP contribution in [0, 0.1) is 0 Å². The average molecular weight is 326 g/mol. The summed E-state index contributed by atoms with van der Waals surface area (Å²) in [6.07, 6.45) is 3.36. The van der Waals surface area contributed by atoms with Crippen molar-refractivity contribution in [2.24, 2.45) is 5.73 Å². The molecule has 22 heavy (non-hydrogen) atoms. The van der Waals surface area contributed by atoms with Gasteiger partial charge >= 0.3 is 0 Å². The maximum absolute atomic E-state index is 12.0. The number of hydrogen-bond acceptors (Lipinski definition) is 5. The van der Waals surface area contributed by atoms with Crippen molar-refractivity contribution >= 4 is 15.7 Å². The van der Waals surface area contributed by atoms with Crippen molar-refractivity contribution in [2.75, 3.05) is 26.0 Å². The highest BCUT2D eigenvalue weighted by atomic mass is 32.2. The number of benzene rings is 1. The molecule has 0 spiro atoms. The van der Waals surface area contributed by atoms with Crippen molar-refractivity contribution in [1.82, 2.24) is 4.90 Å². The van der Waals surface area contributed by atoms with Gasteiger partial charge < -0.3 is 15.4 Å². The zero-order valence-corrected chi connectivity index (χ0v) is 13.5. The quantitative estimate of drug-likeness (QED) is 0.865. The van der Waals surface area contributed by atoms with Crippen LogP contribution in [-0.2, 0) is 14.6 Å². The molecule has 0 bridgehead atoms. The molecule has 1 aromatic rings. The minimum Gasteiger partial charge on any atom is -0.493 e. The molecule has 1 amide bonds. The minimum absolute atomic E-state index is 0.0444. The van der Waals surface area contributed by atoms with Crippen LogP contribution in [0.2, 0.25) is 0 Å². The van der Waals surface area contributed by atoms with Crippen molar-refractivity contribution in [1.29, 1.82) is 0 Å². The molecule has 1 saturated heterocycles. The number of carbonyl (C=O) groups is 1. The molecular weight excluding hydrogens is 304 g/mol. The monoisotopic (exact) mass is 326 g/mol. The summed E-state index contributed by atoms with van der Waals surface area (Å²) in [6.45, 7) is 1.64. The summed E-state index contributed by atoms with van der Waals surface area (Å²) < 4.78 is 28.2. The Balaban J connectivity index is 1.80. The van der Waals surface area contributed by atoms with E-state index in [1.807, 2.05) is 0 Å². The van der Waals surface area contributed by atoms with E-state index in [1.54, 1.807) is 17.0 Å². The molecule has 1 aliphatic rings. The topological polar surface area (TPSA) is 89.7 Å². The van der Waals surface area contributed by atoms with Gasteiger partial charge in [0.2, 0.25) is 5.91 Å². The summed E-state index contributed by atoms with van der Waals surface area (Å²) in [6, 6.07) is 6.25. The number of piperidine rings is 1. The summed E-state index contributed by atoms with van der Waals surface area (Å²) in [4.78, 5) is 14.1. The molecule has 7 heteroatoms. The Hall–Kier alpha value is -1.60. The molecule has 1 atom stereocenters. The van der Waals surface area contributed by atoms with E-state index in [2.05, 4.69) is 0 Å². The van der Waals surface area contributed by atoms with E-state index < -0.39 is 9.84 Å². The van der Waals surface area contributed by atoms with Gasteiger partial charge in [0.05, 0.1) is 17.9 Å². The number of nitrogens with zero attached hydrogens (tertiary/aromatic N) is 1. The lowest BCUT2D eigenvalue weighted by Gasteiger charge is -2.30. The fraction of sp³-hybridized carbons (Fsp3) is 0.533. The predicted octanol–water partition coefficient (Wildman–Crippen LogP) is 0.809. The van der Waals surface area contributed by atoms with Gasteiger partial charge in [-0.2, -0.15) is 0 Å². The Labute approximate surface area is 131 Å². The van der Waals surface area contributed by atoms with Gasteiger partial charge in [0.25, 0.3) is 0 Å². The van der Waals surface area contributed by atoms with Crippen LogP contribution in [0.25, 0.3) is 0 Å². The van der Waals surface area contributed by atoms with Crippen LogP contribution in [0.5, 0.6) is 5.75 Å². The van der Waals surface area contributed by atoms with Crippen molar-refractivity contribution in [2.45, 2.75) is 30.2 Å². The maximum Gasteiger partial charge on any atom is 0.226 e. The first-order valence-electron chi connectivity index (χ1n) is 7.32. The van der Waals surface area contributed by atoms with Gasteiger partial charge in [0.15, 0.2) is 9.84 Å². The predicted molar refractivity (Wildman–Crippen MR) is 83.5 cm³/mol. The largest absolute Gasteiger partial charge is 0.493 e. The van der Waals surface area contributed by atoms with Crippen LogP contribution in [0.3, 0.4) is 0 Å². The van der Waals surface area contributed by atoms with Crippen LogP contribution < -0.4 is 10.5 Å². The van der Waals surface area contributed by atoms with Crippen LogP contribution >= 0.6 is 0 Å². The second-order valence-electron chi connectivity index (χ2n) is 5.58. The third-order valence-corrected chi connectivity index (χ3v) is 4.78. The molecule has 122 valence electrons. The molecule has 6 nitrogen and oxygen atoms in total. The average Bonchev–Trinajstić information content (AvgIpc) is 2.47. The molecule has 2 rings (SSSR count). The Morgan fingerprint density at radius 1 is 1.36 bits per heavy atom. The highest BCUT2D eigenvalue weighted by molar-refractivity contribution is 7.90. The lowest BCUT2D eigenvalue weighted by molar-refractivity contribution is -0.132. The second-order valence-corrected chi connectivity index (χ2v) is 7.60. The first kappa shape index (κ1) is 16.8. The van der Waals surface area contributed by atoms with Crippen molar-refractivity contribution in [3.05, 3.63) is 24.3 Å². The highest BCUT2D eigenvalue weighted by Gasteiger charge is 2.20. The molecule has 1 fully saturated rings. The van der Waals surface area contributed by atoms with Crippen molar-refractivity contribution < 1.29 is 17.9 Å². The molecule has 1 heterocycles. The number of ether oxygens (including phenoxy) is 1. The Kier molecular flexibility index (Phi) is 5.42. The number of carbonyl (C=O) groups excluding carboxylic acids is 1. The molecule has 0 saturated carbocycles. The first-order chi connectivity index (χ1) is 10.4. The van der Waals surface area contributed by atoms with Crippen LogP contribution in [0.4, 0.5) is 0 Å². The maximum atomic E-state index is 12.0. The van der Waals surface area contributed by atoms with Gasteiger partial charge in [-0.25, -0.2) is 8.42 Å². The minimum atomic E-state index is -3.20. The normalized spacial score (nSPS) is 19.0. The van der Waals surface area contributed by atoms with Gasteiger partial charge in [-0.1, -0.05) is 0 Å². The molecule has 1 aromatic carbocycles. The summed E-state index contributed by atoms with van der Waals surface area (Å²) in [5.74, 6) is 0.596. The fourth-order valence-electron chi connectivity index (χ4n) is 2.43. The molecular formula is C15H22N2O4S. The highest BCUT2D eigenvalue weighted by Crippen LogP contribution is 2.16. The third kappa shape index (κ3) is 4.71. The Morgan fingerprint density at radius 3 is 2.64 bits per heavy atom. The van der Waals surface area contributed by atoms with Crippen LogP contribution in [0.1, 0.15) is 19.3 Å². The lowest BCUT2D eigenvalue weighted by atomic mass is 10.1. The van der Waals surface area contributed by atoms with Gasteiger partial charge in [0.1, 0.15) is 5.75 Å². The van der Waals surface area contributed by atoms with Gasteiger partial charge in [0, 0.05) is 25.4 Å². The molecule has 2 N–H and O–H groups in total. The van der Waals surface area contributed by atoms with Crippen molar-refractivity contribution in [3.63, 3.8) is 0 Å². The number of sulfone groups is 1. The lowest BCUT2D eigenvalue weighted by Crippen LogP contribution is -2.46. The van der Waals surface area contributed by atoms with E-state index in [-0.39, 0.29) is 23.5 Å². The molecule has 1 aliphatic heterocycles. The van der Waals surface area contributed by atoms with E-state index >= 15 is 0 Å². The van der Waals surface area contributed by atoms with Gasteiger partial charge in [-0.15, -0.1) is 0 Å². The van der Waals surface area contributed by atoms with Gasteiger partial charge in [-0.05, 0) is 37.1 Å².